The first kappa shape index (κ1) is 36.4. The van der Waals surface area contributed by atoms with Gasteiger partial charge in [-0.25, -0.2) is 9.59 Å². The molecule has 0 radical (unpaired) electrons. The summed E-state index contributed by atoms with van der Waals surface area (Å²) in [7, 11) is 0. The van der Waals surface area contributed by atoms with Gasteiger partial charge >= 0.3 is 24.3 Å². The van der Waals surface area contributed by atoms with Crippen molar-refractivity contribution in [1.29, 1.82) is 0 Å². The highest BCUT2D eigenvalue weighted by molar-refractivity contribution is 5.90. The number of quaternary nitrogens is 1. The summed E-state index contributed by atoms with van der Waals surface area (Å²) in [5.74, 6) is -6.40. The van der Waals surface area contributed by atoms with Crippen molar-refractivity contribution in [2.75, 3.05) is 26.2 Å². The number of nitrogens with zero attached hydrogens (tertiary/aromatic N) is 2. The molecule has 14 heteroatoms. The van der Waals surface area contributed by atoms with Crippen LogP contribution >= 0.6 is 0 Å². The van der Waals surface area contributed by atoms with Crippen LogP contribution in [0, 0.1) is 15.3 Å². The first-order valence-electron chi connectivity index (χ1n) is 11.1. The third-order valence-electron chi connectivity index (χ3n) is 4.59. The van der Waals surface area contributed by atoms with Crippen LogP contribution in [-0.4, -0.2) is 60.0 Å². The Morgan fingerprint density at radius 3 is 1.03 bits per heavy atom. The quantitative estimate of drug-likeness (QED) is 0.0796. The van der Waals surface area contributed by atoms with Crippen LogP contribution in [0.25, 0.3) is 0 Å². The third kappa shape index (κ3) is 21.7. The van der Waals surface area contributed by atoms with Crippen molar-refractivity contribution in [3.63, 3.8) is 0 Å². The Hall–Kier alpha value is -2.12. The second-order valence-corrected chi connectivity index (χ2v) is 7.55. The number of rotatable bonds is 12. The number of carbonyl (C=O) groups is 2. The molecule has 0 aliphatic heterocycles. The topological polar surface area (TPSA) is 110 Å². The SMILES string of the molecule is CCCC[N+](CCCC)(CCCC)CCCC.O=C(OC(=O)C(F)(F)F)C(F)(F)F.O=[N+]([O-])[O-]. The van der Waals surface area contributed by atoms with Crippen LogP contribution in [0.2, 0.25) is 0 Å². The normalized spacial score (nSPS) is 11.5. The highest BCUT2D eigenvalue weighted by Crippen LogP contribution is 2.21. The lowest BCUT2D eigenvalue weighted by atomic mass is 10.1. The Morgan fingerprint density at radius 1 is 0.676 bits per heavy atom. The highest BCUT2D eigenvalue weighted by atomic mass is 19.4. The van der Waals surface area contributed by atoms with Crippen LogP contribution in [0.3, 0.4) is 0 Å². The fraction of sp³-hybridized carbons (Fsp3) is 0.900. The molecule has 0 heterocycles. The van der Waals surface area contributed by atoms with Crippen molar-refractivity contribution < 1.29 is 50.2 Å². The molecular weight excluding hydrogens is 478 g/mol. The molecule has 0 saturated heterocycles. The molecule has 0 aromatic heterocycles. The summed E-state index contributed by atoms with van der Waals surface area (Å²) < 4.78 is 71.1. The minimum absolute atomic E-state index is 1.35. The molecule has 0 amide bonds. The molecule has 8 nitrogen and oxygen atoms in total. The van der Waals surface area contributed by atoms with E-state index in [-0.39, 0.29) is 0 Å². The fourth-order valence-corrected chi connectivity index (χ4v) is 2.84. The van der Waals surface area contributed by atoms with Gasteiger partial charge in [0.15, 0.2) is 0 Å². The molecule has 0 spiro atoms. The monoisotopic (exact) mass is 514 g/mol. The standard InChI is InChI=1S/C16H36N.C4F6O3.NO3/c1-5-9-13-17(14-10-6-2,15-11-7-3)16-12-8-4;5-3(6,7)1(11)13-2(12)4(8,9)10;2-1(3)4/h5-16H2,1-4H3;;/q+1;;-1. The number of ether oxygens (including phenoxy) is 1. The van der Waals surface area contributed by atoms with Gasteiger partial charge in [-0.2, -0.15) is 26.3 Å². The summed E-state index contributed by atoms with van der Waals surface area (Å²) in [6.07, 6.45) is -0.187. The molecule has 204 valence electrons. The molecule has 0 unspecified atom stereocenters. The number of carbonyl (C=O) groups excluding carboxylic acids is 2. The molecule has 0 rings (SSSR count). The van der Waals surface area contributed by atoms with E-state index in [1.165, 1.54) is 82.0 Å². The van der Waals surface area contributed by atoms with Crippen LogP contribution in [0.15, 0.2) is 0 Å². The molecule has 0 aliphatic rings. The third-order valence-corrected chi connectivity index (χ3v) is 4.59. The van der Waals surface area contributed by atoms with Crippen LogP contribution < -0.4 is 0 Å². The van der Waals surface area contributed by atoms with Gasteiger partial charge in [0.2, 0.25) is 0 Å². The van der Waals surface area contributed by atoms with E-state index in [1.54, 1.807) is 0 Å². The minimum Gasteiger partial charge on any atom is -0.380 e. The van der Waals surface area contributed by atoms with Crippen molar-refractivity contribution in [3.8, 4) is 0 Å². The number of unbranched alkanes of at least 4 members (excludes halogenated alkanes) is 4. The van der Waals surface area contributed by atoms with E-state index in [0.717, 1.165) is 0 Å². The van der Waals surface area contributed by atoms with Gasteiger partial charge in [0.25, 0.3) is 0 Å². The zero-order chi connectivity index (χ0) is 27.4. The van der Waals surface area contributed by atoms with Crippen molar-refractivity contribution in [3.05, 3.63) is 15.3 Å². The van der Waals surface area contributed by atoms with E-state index in [9.17, 15) is 35.9 Å². The van der Waals surface area contributed by atoms with E-state index in [4.69, 9.17) is 15.3 Å². The molecule has 0 N–H and O–H groups in total. The van der Waals surface area contributed by atoms with E-state index in [1.807, 2.05) is 0 Å². The van der Waals surface area contributed by atoms with Crippen molar-refractivity contribution >= 4 is 11.9 Å². The van der Waals surface area contributed by atoms with Crippen LogP contribution in [0.1, 0.15) is 79.1 Å². The van der Waals surface area contributed by atoms with Gasteiger partial charge in [0, 0.05) is 0 Å². The van der Waals surface area contributed by atoms with E-state index in [2.05, 4.69) is 32.4 Å². The summed E-state index contributed by atoms with van der Waals surface area (Å²) in [5.41, 5.74) is 0. The molecular formula is C20H36F6N2O6. The molecule has 0 saturated carbocycles. The van der Waals surface area contributed by atoms with Gasteiger partial charge in [0.1, 0.15) is 0 Å². The lowest BCUT2D eigenvalue weighted by Gasteiger charge is -2.39. The van der Waals surface area contributed by atoms with Crippen LogP contribution in [0.5, 0.6) is 0 Å². The largest absolute Gasteiger partial charge is 0.491 e. The molecule has 34 heavy (non-hydrogen) atoms. The molecule has 0 atom stereocenters. The van der Waals surface area contributed by atoms with Crippen LogP contribution in [0.4, 0.5) is 26.3 Å². The summed E-state index contributed by atoms with van der Waals surface area (Å²) in [6, 6.07) is 0. The van der Waals surface area contributed by atoms with Gasteiger partial charge in [-0.3, -0.25) is 0 Å². The maximum atomic E-state index is 11.2. The minimum atomic E-state index is -5.62. The molecule has 0 aromatic carbocycles. The second-order valence-electron chi connectivity index (χ2n) is 7.55. The number of hydrogen-bond donors (Lipinski definition) is 0. The van der Waals surface area contributed by atoms with E-state index in [0.29, 0.717) is 0 Å². The average Bonchev–Trinajstić information content (AvgIpc) is 2.71. The average molecular weight is 515 g/mol. The predicted molar refractivity (Wildman–Crippen MR) is 113 cm³/mol. The van der Waals surface area contributed by atoms with Gasteiger partial charge < -0.3 is 24.5 Å². The van der Waals surface area contributed by atoms with E-state index >= 15 is 0 Å². The maximum Gasteiger partial charge on any atom is 0.491 e. The Morgan fingerprint density at radius 2 is 0.882 bits per heavy atom. The summed E-state index contributed by atoms with van der Waals surface area (Å²) in [6.45, 7) is 15.0. The number of hydrogen-bond acceptors (Lipinski definition) is 6. The number of alkyl halides is 6. The first-order valence-corrected chi connectivity index (χ1v) is 11.1. The molecule has 0 bridgehead atoms. The number of halogens is 6. The summed E-state index contributed by atoms with van der Waals surface area (Å²) in [5, 5.41) is 14.8. The molecule has 0 aromatic rings. The van der Waals surface area contributed by atoms with Gasteiger partial charge in [-0.15, -0.1) is 0 Å². The highest BCUT2D eigenvalue weighted by Gasteiger charge is 2.49. The summed E-state index contributed by atoms with van der Waals surface area (Å²) >= 11 is 0. The lowest BCUT2D eigenvalue weighted by Crippen LogP contribution is -2.50. The molecule has 0 fully saturated rings. The molecule has 0 aliphatic carbocycles. The lowest BCUT2D eigenvalue weighted by molar-refractivity contribution is -0.929. The van der Waals surface area contributed by atoms with Gasteiger partial charge in [-0.05, 0) is 25.7 Å². The first-order chi connectivity index (χ1) is 15.5. The fourth-order valence-electron chi connectivity index (χ4n) is 2.84. The zero-order valence-corrected chi connectivity index (χ0v) is 20.1. The Bertz CT molecular complexity index is 505. The Kier molecular flexibility index (Phi) is 20.6. The predicted octanol–water partition coefficient (Wildman–Crippen LogP) is 5.95. The van der Waals surface area contributed by atoms with E-state index < -0.39 is 29.4 Å². The number of esters is 2. The Balaban J connectivity index is -0.000000500. The van der Waals surface area contributed by atoms with Gasteiger partial charge in [-0.1, -0.05) is 53.4 Å². The van der Waals surface area contributed by atoms with Crippen LogP contribution in [-0.2, 0) is 14.3 Å². The second kappa shape index (κ2) is 19.2. The maximum absolute atomic E-state index is 11.2. The zero-order valence-electron chi connectivity index (χ0n) is 20.1. The van der Waals surface area contributed by atoms with Crippen molar-refractivity contribution in [2.45, 2.75) is 91.4 Å². The van der Waals surface area contributed by atoms with Crippen molar-refractivity contribution in [2.24, 2.45) is 0 Å². The van der Waals surface area contributed by atoms with Gasteiger partial charge in [0.05, 0.1) is 31.3 Å². The van der Waals surface area contributed by atoms with Crippen molar-refractivity contribution in [1.82, 2.24) is 0 Å². The Labute approximate surface area is 195 Å². The smallest absolute Gasteiger partial charge is 0.380 e. The summed E-state index contributed by atoms with van der Waals surface area (Å²) in [4.78, 5) is 27.6.